The van der Waals surface area contributed by atoms with Crippen LogP contribution in [0.3, 0.4) is 0 Å². The first-order valence-electron chi connectivity index (χ1n) is 26.3. The van der Waals surface area contributed by atoms with Crippen LogP contribution in [-0.2, 0) is 0 Å². The molecule has 4 aliphatic rings. The van der Waals surface area contributed by atoms with Crippen molar-refractivity contribution in [2.45, 2.75) is 0 Å². The predicted molar refractivity (Wildman–Crippen MR) is 316 cm³/mol. The predicted octanol–water partition coefficient (Wildman–Crippen LogP) is 8.52. The smallest absolute Gasteiger partial charge is 0.250 e. The van der Waals surface area contributed by atoms with Gasteiger partial charge in [0.1, 0.15) is 23.0 Å². The largest absolute Gasteiger partial charge is 0.458 e. The number of fused-ring (bicyclic) bond motifs is 12. The third-order valence-electron chi connectivity index (χ3n) is 16.2. The number of aromatic nitrogens is 4. The van der Waals surface area contributed by atoms with Crippen LogP contribution in [0.5, 0.6) is 23.0 Å². The van der Waals surface area contributed by atoms with Gasteiger partial charge in [-0.2, -0.15) is 0 Å². The van der Waals surface area contributed by atoms with Gasteiger partial charge in [0.05, 0.1) is 22.8 Å². The van der Waals surface area contributed by atoms with Crippen molar-refractivity contribution in [3.8, 4) is 90.8 Å². The minimum atomic E-state index is -3.09. The standard InChI is InChI=1S/C68H42B2N4O2Si/c1-5-19-43(20-6-1)53-41-54(44-21-7-2-8-22-44)72-67(71-53)47-35-37-49-59(39-47)75-57-29-17-33-63-65(57)69(49)51-27-13-15-31-61(51)77(63)62-32-16-14-28-52(62)70-50-38-36-48(40-60(50)76-58-30-18-34-64(77)66(58)70)68-73-55(45-23-9-3-10-24-45)42-56(74-68)46-25-11-4-12-26-46/h1-42H. The Kier molecular flexibility index (Phi) is 9.75. The lowest BCUT2D eigenvalue weighted by Gasteiger charge is -2.49. The third-order valence-corrected chi connectivity index (χ3v) is 21.2. The summed E-state index contributed by atoms with van der Waals surface area (Å²) in [7, 11) is -3.09. The Bertz CT molecular complexity index is 3980. The van der Waals surface area contributed by atoms with E-state index in [9.17, 15) is 0 Å². The summed E-state index contributed by atoms with van der Waals surface area (Å²) in [5, 5.41) is 5.49. The summed E-state index contributed by atoms with van der Waals surface area (Å²) >= 11 is 0. The highest BCUT2D eigenvalue weighted by atomic mass is 28.3. The number of rotatable bonds is 6. The lowest BCUT2D eigenvalue weighted by Crippen LogP contribution is -2.93. The second-order valence-corrected chi connectivity index (χ2v) is 24.0. The van der Waals surface area contributed by atoms with Crippen LogP contribution in [0.25, 0.3) is 67.8 Å². The molecule has 0 atom stereocenters. The molecule has 356 valence electrons. The lowest BCUT2D eigenvalue weighted by atomic mass is 9.35. The topological polar surface area (TPSA) is 70.0 Å². The zero-order valence-corrected chi connectivity index (χ0v) is 42.5. The molecule has 0 bridgehead atoms. The van der Waals surface area contributed by atoms with E-state index in [-0.39, 0.29) is 13.4 Å². The molecule has 1 spiro atoms. The van der Waals surface area contributed by atoms with Gasteiger partial charge in [0.15, 0.2) is 19.7 Å². The van der Waals surface area contributed by atoms with Gasteiger partial charge in [-0.1, -0.05) is 229 Å². The van der Waals surface area contributed by atoms with Crippen LogP contribution in [-0.4, -0.2) is 41.4 Å². The molecule has 0 radical (unpaired) electrons. The van der Waals surface area contributed by atoms with Crippen molar-refractivity contribution in [2.24, 2.45) is 0 Å². The van der Waals surface area contributed by atoms with Crippen molar-refractivity contribution < 1.29 is 9.47 Å². The second kappa shape index (κ2) is 17.2. The van der Waals surface area contributed by atoms with Crippen LogP contribution in [0.2, 0.25) is 0 Å². The van der Waals surface area contributed by atoms with Gasteiger partial charge in [0.25, 0.3) is 13.4 Å². The normalized spacial score (nSPS) is 13.5. The number of nitrogens with zero attached hydrogens (tertiary/aromatic N) is 4. The summed E-state index contributed by atoms with van der Waals surface area (Å²) in [6.45, 7) is -0.121. The molecule has 4 aliphatic heterocycles. The Labute approximate surface area is 447 Å². The molecule has 0 fully saturated rings. The van der Waals surface area contributed by atoms with Crippen LogP contribution >= 0.6 is 0 Å². The molecular formula is C68H42B2N4O2Si. The van der Waals surface area contributed by atoms with Gasteiger partial charge in [-0.3, -0.25) is 0 Å². The summed E-state index contributed by atoms with van der Waals surface area (Å²) in [5.74, 6) is 4.70. The maximum Gasteiger partial charge on any atom is 0.250 e. The third kappa shape index (κ3) is 6.70. The molecule has 10 aromatic carbocycles. The fourth-order valence-electron chi connectivity index (χ4n) is 12.9. The van der Waals surface area contributed by atoms with Gasteiger partial charge < -0.3 is 9.47 Å². The molecule has 6 nitrogen and oxygen atoms in total. The first-order chi connectivity index (χ1) is 38.2. The maximum atomic E-state index is 7.21. The van der Waals surface area contributed by atoms with Crippen molar-refractivity contribution in [3.05, 3.63) is 255 Å². The quantitative estimate of drug-likeness (QED) is 0.156. The molecular weight excluding hydrogens is 954 g/mol. The summed E-state index contributed by atoms with van der Waals surface area (Å²) in [5.41, 5.74) is 16.8. The zero-order chi connectivity index (χ0) is 50.6. The van der Waals surface area contributed by atoms with Crippen LogP contribution in [0.15, 0.2) is 255 Å². The van der Waals surface area contributed by atoms with Crippen molar-refractivity contribution in [2.75, 3.05) is 0 Å². The minimum absolute atomic E-state index is 0.0605. The zero-order valence-electron chi connectivity index (χ0n) is 41.5. The van der Waals surface area contributed by atoms with Gasteiger partial charge in [-0.25, -0.2) is 19.9 Å². The fourth-order valence-corrected chi connectivity index (χ4v) is 18.7. The van der Waals surface area contributed by atoms with E-state index in [1.165, 1.54) is 42.6 Å². The first kappa shape index (κ1) is 43.7. The number of benzene rings is 10. The first-order valence-corrected chi connectivity index (χ1v) is 28.3. The molecule has 6 heterocycles. The molecule has 0 N–H and O–H groups in total. The van der Waals surface area contributed by atoms with E-state index in [4.69, 9.17) is 29.4 Å². The molecule has 0 amide bonds. The summed E-state index contributed by atoms with van der Waals surface area (Å²) in [4.78, 5) is 20.8. The fraction of sp³-hybridized carbons (Fsp3) is 0. The van der Waals surface area contributed by atoms with Crippen molar-refractivity contribution in [1.29, 1.82) is 0 Å². The van der Waals surface area contributed by atoms with Crippen molar-refractivity contribution in [3.63, 3.8) is 0 Å². The van der Waals surface area contributed by atoms with Gasteiger partial charge in [0.2, 0.25) is 0 Å². The number of hydrogen-bond acceptors (Lipinski definition) is 6. The second-order valence-electron chi connectivity index (χ2n) is 20.3. The molecule has 2 aromatic heterocycles. The number of ether oxygens (including phenoxy) is 2. The SMILES string of the molecule is c1ccc(-c2cc(-c3ccccc3)nc(-c3ccc4c(c3)Oc3cccc5c3B4c3ccccc3[Si]53c4ccccc4B4c5ccc(-c6nc(-c7ccccc7)cc(-c7ccccc7)n6)cc5Oc5cccc3c54)n2)cc1. The molecule has 9 heteroatoms. The lowest BCUT2D eigenvalue weighted by molar-refractivity contribution is 0.488. The average molecular weight is 997 g/mol. The van der Waals surface area contributed by atoms with Crippen LogP contribution < -0.4 is 63.0 Å². The van der Waals surface area contributed by atoms with E-state index in [1.54, 1.807) is 0 Å². The van der Waals surface area contributed by atoms with E-state index >= 15 is 0 Å². The Morgan fingerprint density at radius 3 is 0.974 bits per heavy atom. The molecule has 0 saturated carbocycles. The molecule has 77 heavy (non-hydrogen) atoms. The highest BCUT2D eigenvalue weighted by molar-refractivity contribution is 7.31. The summed E-state index contributed by atoms with van der Waals surface area (Å²) < 4.78 is 14.4. The maximum absolute atomic E-state index is 7.21. The van der Waals surface area contributed by atoms with Crippen molar-refractivity contribution in [1.82, 2.24) is 19.9 Å². The Morgan fingerprint density at radius 2 is 0.597 bits per heavy atom. The molecule has 16 rings (SSSR count). The summed E-state index contributed by atoms with van der Waals surface area (Å²) in [6, 6.07) is 90.7. The van der Waals surface area contributed by atoms with Gasteiger partial charge >= 0.3 is 0 Å². The monoisotopic (exact) mass is 996 g/mol. The van der Waals surface area contributed by atoms with Crippen LogP contribution in [0, 0.1) is 0 Å². The highest BCUT2D eigenvalue weighted by Crippen LogP contribution is 2.36. The average Bonchev–Trinajstić information content (AvgIpc) is 3.41. The Hall–Kier alpha value is -9.69. The van der Waals surface area contributed by atoms with Gasteiger partial charge in [-0.05, 0) is 79.0 Å². The minimum Gasteiger partial charge on any atom is -0.458 e. The van der Waals surface area contributed by atoms with E-state index < -0.39 is 8.07 Å². The van der Waals surface area contributed by atoms with E-state index in [1.807, 2.05) is 24.3 Å². The van der Waals surface area contributed by atoms with Crippen molar-refractivity contribution >= 4 is 75.0 Å². The Morgan fingerprint density at radius 1 is 0.260 bits per heavy atom. The highest BCUT2D eigenvalue weighted by Gasteiger charge is 2.58. The molecule has 0 saturated heterocycles. The van der Waals surface area contributed by atoms with E-state index in [0.29, 0.717) is 11.6 Å². The van der Waals surface area contributed by atoms with Crippen LogP contribution in [0.4, 0.5) is 0 Å². The molecule has 0 unspecified atom stereocenters. The van der Waals surface area contributed by atoms with Gasteiger partial charge in [-0.15, -0.1) is 0 Å². The van der Waals surface area contributed by atoms with Crippen LogP contribution in [0.1, 0.15) is 0 Å². The molecule has 12 aromatic rings. The van der Waals surface area contributed by atoms with E-state index in [0.717, 1.165) is 90.1 Å². The van der Waals surface area contributed by atoms with Gasteiger partial charge in [0, 0.05) is 33.4 Å². The molecule has 0 aliphatic carbocycles. The van der Waals surface area contributed by atoms with E-state index in [2.05, 4.69) is 231 Å². The Balaban J connectivity index is 0.837. The summed E-state index contributed by atoms with van der Waals surface area (Å²) in [6.07, 6.45) is 0. The number of hydrogen-bond donors (Lipinski definition) is 0.